The van der Waals surface area contributed by atoms with Crippen LogP contribution in [-0.4, -0.2) is 6.08 Å². The fraction of sp³-hybridized carbons (Fsp3) is 0.417. The Balaban J connectivity index is 2.69. The lowest BCUT2D eigenvalue weighted by Gasteiger charge is -2.16. The molecule has 4 heteroatoms. The van der Waals surface area contributed by atoms with Crippen LogP contribution in [0.25, 0.3) is 0 Å². The summed E-state index contributed by atoms with van der Waals surface area (Å²) in [7, 11) is 0. The van der Waals surface area contributed by atoms with Gasteiger partial charge in [-0.05, 0) is 43.9 Å². The quantitative estimate of drug-likeness (QED) is 0.574. The van der Waals surface area contributed by atoms with Crippen molar-refractivity contribution in [1.82, 2.24) is 0 Å². The first-order valence-corrected chi connectivity index (χ1v) is 5.44. The van der Waals surface area contributed by atoms with Crippen molar-refractivity contribution < 1.29 is 9.18 Å². The van der Waals surface area contributed by atoms with Crippen molar-refractivity contribution in [2.24, 2.45) is 4.99 Å². The highest BCUT2D eigenvalue weighted by molar-refractivity contribution is 6.31. The molecule has 0 unspecified atom stereocenters. The predicted octanol–water partition coefficient (Wildman–Crippen LogP) is 3.42. The molecule has 16 heavy (non-hydrogen) atoms. The molecule has 0 saturated heterocycles. The van der Waals surface area contributed by atoms with Crippen molar-refractivity contribution in [1.29, 1.82) is 0 Å². The van der Waals surface area contributed by atoms with E-state index in [1.54, 1.807) is 6.08 Å². The summed E-state index contributed by atoms with van der Waals surface area (Å²) in [6.45, 7) is 3.69. The van der Waals surface area contributed by atoms with Crippen LogP contribution in [0.5, 0.6) is 0 Å². The second kappa shape index (κ2) is 3.69. The number of benzene rings is 1. The lowest BCUT2D eigenvalue weighted by molar-refractivity contribution is 0.555. The minimum Gasteiger partial charge on any atom is -0.211 e. The van der Waals surface area contributed by atoms with Crippen molar-refractivity contribution >= 4 is 17.7 Å². The molecule has 1 aliphatic carbocycles. The number of aliphatic imine (C=N–C) groups is 1. The Morgan fingerprint density at radius 1 is 1.50 bits per heavy atom. The van der Waals surface area contributed by atoms with Gasteiger partial charge in [0.05, 0.1) is 5.02 Å². The smallest absolute Gasteiger partial charge is 0.211 e. The molecular formula is C12H11ClFNO. The minimum absolute atomic E-state index is 0.0830. The van der Waals surface area contributed by atoms with Gasteiger partial charge in [-0.25, -0.2) is 9.18 Å². The largest absolute Gasteiger partial charge is 0.235 e. The van der Waals surface area contributed by atoms with Gasteiger partial charge >= 0.3 is 0 Å². The van der Waals surface area contributed by atoms with E-state index in [4.69, 9.17) is 11.6 Å². The van der Waals surface area contributed by atoms with E-state index in [0.717, 1.165) is 24.0 Å². The molecule has 1 aromatic carbocycles. The average Bonchev–Trinajstić information content (AvgIpc) is 2.97. The van der Waals surface area contributed by atoms with Crippen molar-refractivity contribution in [3.63, 3.8) is 0 Å². The molecule has 2 rings (SSSR count). The van der Waals surface area contributed by atoms with Crippen LogP contribution in [-0.2, 0) is 10.3 Å². The van der Waals surface area contributed by atoms with Crippen molar-refractivity contribution in [3.8, 4) is 0 Å². The first-order chi connectivity index (χ1) is 7.52. The normalized spacial score (nSPS) is 16.8. The third-order valence-corrected chi connectivity index (χ3v) is 3.56. The Morgan fingerprint density at radius 2 is 2.12 bits per heavy atom. The summed E-state index contributed by atoms with van der Waals surface area (Å²) in [6.07, 6.45) is 3.01. The van der Waals surface area contributed by atoms with E-state index in [0.29, 0.717) is 5.56 Å². The molecular weight excluding hydrogens is 229 g/mol. The van der Waals surface area contributed by atoms with Crippen LogP contribution < -0.4 is 0 Å². The maximum absolute atomic E-state index is 13.5. The van der Waals surface area contributed by atoms with Crippen LogP contribution in [0.1, 0.15) is 29.5 Å². The Bertz CT molecular complexity index is 476. The number of aryl methyl sites for hydroxylation is 1. The van der Waals surface area contributed by atoms with Gasteiger partial charge in [-0.1, -0.05) is 11.6 Å². The Labute approximate surface area is 98.1 Å². The van der Waals surface area contributed by atoms with E-state index in [-0.39, 0.29) is 5.02 Å². The number of nitrogens with zero attached hydrogens (tertiary/aromatic N) is 1. The molecule has 2 nitrogen and oxygen atoms in total. The summed E-state index contributed by atoms with van der Waals surface area (Å²) in [5, 5.41) is 0.0830. The molecule has 0 aliphatic heterocycles. The van der Waals surface area contributed by atoms with E-state index in [2.05, 4.69) is 4.99 Å². The first-order valence-electron chi connectivity index (χ1n) is 5.06. The molecule has 0 amide bonds. The summed E-state index contributed by atoms with van der Waals surface area (Å²) < 4.78 is 13.5. The zero-order chi connectivity index (χ0) is 11.9. The van der Waals surface area contributed by atoms with Crippen molar-refractivity contribution in [2.45, 2.75) is 32.2 Å². The second-order valence-electron chi connectivity index (χ2n) is 4.22. The van der Waals surface area contributed by atoms with Gasteiger partial charge < -0.3 is 0 Å². The highest BCUT2D eigenvalue weighted by atomic mass is 35.5. The van der Waals surface area contributed by atoms with Gasteiger partial charge in [0.15, 0.2) is 0 Å². The summed E-state index contributed by atoms with van der Waals surface area (Å²) in [6, 6.07) is 1.40. The SMILES string of the molecule is Cc1cc(F)c(Cl)c(C2(N=C=O)CC2)c1C. The molecule has 1 fully saturated rings. The summed E-state index contributed by atoms with van der Waals surface area (Å²) in [5.41, 5.74) is 1.76. The van der Waals surface area contributed by atoms with Crippen molar-refractivity contribution in [3.05, 3.63) is 33.6 Å². The van der Waals surface area contributed by atoms with Crippen LogP contribution in [0, 0.1) is 19.7 Å². The van der Waals surface area contributed by atoms with E-state index in [1.807, 2.05) is 13.8 Å². The molecule has 1 aromatic rings. The monoisotopic (exact) mass is 239 g/mol. The summed E-state index contributed by atoms with van der Waals surface area (Å²) in [4.78, 5) is 14.2. The molecule has 0 bridgehead atoms. The fourth-order valence-electron chi connectivity index (χ4n) is 2.02. The second-order valence-corrected chi connectivity index (χ2v) is 4.60. The molecule has 0 radical (unpaired) electrons. The van der Waals surface area contributed by atoms with Crippen LogP contribution >= 0.6 is 11.6 Å². The number of isocyanates is 1. The van der Waals surface area contributed by atoms with Gasteiger partial charge in [0.25, 0.3) is 0 Å². The van der Waals surface area contributed by atoms with Crippen LogP contribution in [0.15, 0.2) is 11.1 Å². The molecule has 0 atom stereocenters. The number of hydrogen-bond donors (Lipinski definition) is 0. The Hall–Kier alpha value is -1.18. The van der Waals surface area contributed by atoms with E-state index in [9.17, 15) is 9.18 Å². The van der Waals surface area contributed by atoms with E-state index >= 15 is 0 Å². The number of hydrogen-bond acceptors (Lipinski definition) is 2. The molecule has 84 valence electrons. The van der Waals surface area contributed by atoms with Gasteiger partial charge in [0.1, 0.15) is 11.4 Å². The molecule has 0 N–H and O–H groups in total. The molecule has 0 spiro atoms. The van der Waals surface area contributed by atoms with Gasteiger partial charge in [-0.3, -0.25) is 0 Å². The summed E-state index contributed by atoms with van der Waals surface area (Å²) >= 11 is 5.97. The zero-order valence-corrected chi connectivity index (χ0v) is 9.86. The van der Waals surface area contributed by atoms with Gasteiger partial charge in [-0.15, -0.1) is 0 Å². The van der Waals surface area contributed by atoms with E-state index in [1.165, 1.54) is 6.07 Å². The third kappa shape index (κ3) is 1.57. The molecule has 1 saturated carbocycles. The zero-order valence-electron chi connectivity index (χ0n) is 9.10. The Kier molecular flexibility index (Phi) is 2.61. The molecule has 1 aliphatic rings. The number of carbonyl (C=O) groups excluding carboxylic acids is 1. The van der Waals surface area contributed by atoms with Crippen LogP contribution in [0.2, 0.25) is 5.02 Å². The standard InChI is InChI=1S/C12H11ClFNO/c1-7-5-9(14)11(13)10(8(7)2)12(3-4-12)15-6-16/h5H,3-4H2,1-2H3. The lowest BCUT2D eigenvalue weighted by atomic mass is 9.95. The molecule has 0 aromatic heterocycles. The molecule has 0 heterocycles. The van der Waals surface area contributed by atoms with E-state index < -0.39 is 11.4 Å². The fourth-order valence-corrected chi connectivity index (χ4v) is 2.39. The average molecular weight is 240 g/mol. The van der Waals surface area contributed by atoms with Crippen molar-refractivity contribution in [2.75, 3.05) is 0 Å². The number of halogens is 2. The Morgan fingerprint density at radius 3 is 2.62 bits per heavy atom. The predicted molar refractivity (Wildman–Crippen MR) is 59.9 cm³/mol. The van der Waals surface area contributed by atoms with Gasteiger partial charge in [0, 0.05) is 5.56 Å². The van der Waals surface area contributed by atoms with Gasteiger partial charge in [-0.2, -0.15) is 4.99 Å². The highest BCUT2D eigenvalue weighted by Gasteiger charge is 2.47. The first kappa shape index (κ1) is 11.3. The summed E-state index contributed by atoms with van der Waals surface area (Å²) in [5.74, 6) is -0.452. The highest BCUT2D eigenvalue weighted by Crippen LogP contribution is 2.53. The topological polar surface area (TPSA) is 29.4 Å². The maximum Gasteiger partial charge on any atom is 0.235 e. The number of rotatable bonds is 2. The lowest BCUT2D eigenvalue weighted by Crippen LogP contribution is -2.08. The third-order valence-electron chi connectivity index (χ3n) is 3.19. The van der Waals surface area contributed by atoms with Crippen LogP contribution in [0.4, 0.5) is 4.39 Å². The van der Waals surface area contributed by atoms with Gasteiger partial charge in [0.2, 0.25) is 6.08 Å². The minimum atomic E-state index is -0.615. The maximum atomic E-state index is 13.5. The van der Waals surface area contributed by atoms with Crippen LogP contribution in [0.3, 0.4) is 0 Å².